The van der Waals surface area contributed by atoms with Crippen molar-refractivity contribution >= 4 is 28.8 Å². The molecule has 5 nitrogen and oxygen atoms in total. The van der Waals surface area contributed by atoms with E-state index in [1.165, 1.54) is 6.92 Å². The molecule has 0 saturated heterocycles. The molecule has 0 heterocycles. The van der Waals surface area contributed by atoms with E-state index in [4.69, 9.17) is 11.6 Å². The molecule has 0 bridgehead atoms. The number of ether oxygens (including phenoxy) is 2. The maximum absolute atomic E-state index is 10.7. The highest BCUT2D eigenvalue weighted by Gasteiger charge is 2.28. The number of esters is 2. The molecule has 0 amide bonds. The van der Waals surface area contributed by atoms with Crippen molar-refractivity contribution < 1.29 is 23.9 Å². The van der Waals surface area contributed by atoms with Gasteiger partial charge in [0.05, 0.1) is 0 Å². The van der Waals surface area contributed by atoms with Crippen LogP contribution < -0.4 is 0 Å². The molecule has 0 fully saturated rings. The zero-order valence-electron chi connectivity index (χ0n) is 8.07. The van der Waals surface area contributed by atoms with Crippen LogP contribution in [0.15, 0.2) is 0 Å². The van der Waals surface area contributed by atoms with E-state index in [0.29, 0.717) is 0 Å². The topological polar surface area (TPSA) is 69.7 Å². The van der Waals surface area contributed by atoms with E-state index in [-0.39, 0.29) is 0 Å². The molecule has 6 heteroatoms. The highest BCUT2D eigenvalue weighted by atomic mass is 35.5. The lowest BCUT2D eigenvalue weighted by Crippen LogP contribution is -2.32. The van der Waals surface area contributed by atoms with Crippen molar-refractivity contribution in [3.63, 3.8) is 0 Å². The van der Waals surface area contributed by atoms with Crippen molar-refractivity contribution in [3.05, 3.63) is 0 Å². The van der Waals surface area contributed by atoms with E-state index < -0.39 is 29.4 Å². The fraction of sp³-hybridized carbons (Fsp3) is 0.625. The SMILES string of the molecule is CC(=O)OC(OC(C)=O)C(C)C(=O)Cl. The van der Waals surface area contributed by atoms with Gasteiger partial charge in [-0.1, -0.05) is 0 Å². The van der Waals surface area contributed by atoms with Crippen LogP contribution in [-0.4, -0.2) is 23.5 Å². The lowest BCUT2D eigenvalue weighted by molar-refractivity contribution is -0.192. The standard InChI is InChI=1S/C8H11ClO5/c1-4(7(9)12)8(13-5(2)10)14-6(3)11/h4,8H,1-3H3. The largest absolute Gasteiger partial charge is 0.424 e. The van der Waals surface area contributed by atoms with E-state index >= 15 is 0 Å². The van der Waals surface area contributed by atoms with Gasteiger partial charge in [0.2, 0.25) is 5.24 Å². The third kappa shape index (κ3) is 4.81. The minimum absolute atomic E-state index is 0.652. The van der Waals surface area contributed by atoms with Gasteiger partial charge in [-0.15, -0.1) is 0 Å². The quantitative estimate of drug-likeness (QED) is 0.401. The van der Waals surface area contributed by atoms with Crippen molar-refractivity contribution in [2.45, 2.75) is 27.1 Å². The second-order valence-corrected chi connectivity index (χ2v) is 3.05. The van der Waals surface area contributed by atoms with Gasteiger partial charge in [-0.05, 0) is 18.5 Å². The molecular weight excluding hydrogens is 212 g/mol. The molecule has 0 aliphatic carbocycles. The zero-order valence-corrected chi connectivity index (χ0v) is 8.83. The maximum Gasteiger partial charge on any atom is 0.305 e. The van der Waals surface area contributed by atoms with Gasteiger partial charge in [0.15, 0.2) is 0 Å². The van der Waals surface area contributed by atoms with Crippen LogP contribution in [-0.2, 0) is 23.9 Å². The Balaban J connectivity index is 4.45. The van der Waals surface area contributed by atoms with Crippen LogP contribution in [0.1, 0.15) is 20.8 Å². The van der Waals surface area contributed by atoms with Crippen LogP contribution in [0, 0.1) is 5.92 Å². The van der Waals surface area contributed by atoms with Crippen molar-refractivity contribution in [3.8, 4) is 0 Å². The number of carbonyl (C=O) groups excluding carboxylic acids is 3. The highest BCUT2D eigenvalue weighted by molar-refractivity contribution is 6.64. The summed E-state index contributed by atoms with van der Waals surface area (Å²) in [6, 6.07) is 0. The van der Waals surface area contributed by atoms with Crippen LogP contribution >= 0.6 is 11.6 Å². The summed E-state index contributed by atoms with van der Waals surface area (Å²) in [5.74, 6) is -2.19. The fourth-order valence-electron chi connectivity index (χ4n) is 0.662. The van der Waals surface area contributed by atoms with Crippen molar-refractivity contribution in [1.82, 2.24) is 0 Å². The Hall–Kier alpha value is -1.10. The molecule has 0 aromatic rings. The summed E-state index contributed by atoms with van der Waals surface area (Å²) in [6.07, 6.45) is -1.25. The van der Waals surface area contributed by atoms with E-state index in [9.17, 15) is 14.4 Å². The Bertz CT molecular complexity index is 234. The number of hydrogen-bond acceptors (Lipinski definition) is 5. The fourth-order valence-corrected chi connectivity index (χ4v) is 0.765. The molecule has 0 radical (unpaired) electrons. The molecular formula is C8H11ClO5. The molecule has 80 valence electrons. The molecule has 0 aliphatic heterocycles. The lowest BCUT2D eigenvalue weighted by atomic mass is 10.2. The van der Waals surface area contributed by atoms with E-state index in [1.807, 2.05) is 0 Å². The predicted molar refractivity (Wildman–Crippen MR) is 47.3 cm³/mol. The van der Waals surface area contributed by atoms with Gasteiger partial charge in [0.1, 0.15) is 5.92 Å². The first-order valence-electron chi connectivity index (χ1n) is 3.88. The summed E-state index contributed by atoms with van der Waals surface area (Å²) in [5.41, 5.74) is 0. The first kappa shape index (κ1) is 12.9. The Kier molecular flexibility index (Phi) is 5.15. The lowest BCUT2D eigenvalue weighted by Gasteiger charge is -2.19. The molecule has 0 spiro atoms. The van der Waals surface area contributed by atoms with E-state index in [0.717, 1.165) is 13.8 Å². The first-order valence-corrected chi connectivity index (χ1v) is 4.26. The van der Waals surface area contributed by atoms with Crippen molar-refractivity contribution in [2.75, 3.05) is 0 Å². The van der Waals surface area contributed by atoms with Crippen LogP contribution in [0.3, 0.4) is 0 Å². The summed E-state index contributed by atoms with van der Waals surface area (Å²) in [6.45, 7) is 3.68. The molecule has 0 saturated carbocycles. The molecule has 1 atom stereocenters. The van der Waals surface area contributed by atoms with Crippen LogP contribution in [0.4, 0.5) is 0 Å². The summed E-state index contributed by atoms with van der Waals surface area (Å²) in [7, 11) is 0. The number of rotatable bonds is 4. The van der Waals surface area contributed by atoms with Crippen molar-refractivity contribution in [1.29, 1.82) is 0 Å². The average molecular weight is 223 g/mol. The third-order valence-corrected chi connectivity index (χ3v) is 1.67. The second kappa shape index (κ2) is 5.59. The smallest absolute Gasteiger partial charge is 0.305 e. The first-order chi connectivity index (χ1) is 6.34. The summed E-state index contributed by atoms with van der Waals surface area (Å²) in [4.78, 5) is 31.9. The average Bonchev–Trinajstić information content (AvgIpc) is 1.99. The Morgan fingerprint density at radius 2 is 1.43 bits per heavy atom. The molecule has 0 rings (SSSR count). The third-order valence-electron chi connectivity index (χ3n) is 1.33. The monoisotopic (exact) mass is 222 g/mol. The normalized spacial score (nSPS) is 12.1. The van der Waals surface area contributed by atoms with Crippen LogP contribution in [0.5, 0.6) is 0 Å². The second-order valence-electron chi connectivity index (χ2n) is 2.68. The van der Waals surface area contributed by atoms with Gasteiger partial charge < -0.3 is 9.47 Å². The van der Waals surface area contributed by atoms with Gasteiger partial charge in [-0.3, -0.25) is 14.4 Å². The molecule has 0 aromatic heterocycles. The summed E-state index contributed by atoms with van der Waals surface area (Å²) in [5, 5.41) is -0.738. The van der Waals surface area contributed by atoms with Gasteiger partial charge in [-0.2, -0.15) is 0 Å². The molecule has 0 aromatic carbocycles. The van der Waals surface area contributed by atoms with Crippen molar-refractivity contribution in [2.24, 2.45) is 5.92 Å². The molecule has 0 N–H and O–H groups in total. The maximum atomic E-state index is 10.7. The Morgan fingerprint density at radius 3 is 1.64 bits per heavy atom. The molecule has 14 heavy (non-hydrogen) atoms. The van der Waals surface area contributed by atoms with Gasteiger partial charge in [0.25, 0.3) is 6.29 Å². The minimum atomic E-state index is -1.25. The molecule has 0 aliphatic rings. The van der Waals surface area contributed by atoms with E-state index in [2.05, 4.69) is 9.47 Å². The van der Waals surface area contributed by atoms with E-state index in [1.54, 1.807) is 0 Å². The Morgan fingerprint density at radius 1 is 1.07 bits per heavy atom. The Labute approximate surface area is 86.3 Å². The van der Waals surface area contributed by atoms with Gasteiger partial charge >= 0.3 is 11.9 Å². The molecule has 1 unspecified atom stereocenters. The minimum Gasteiger partial charge on any atom is -0.424 e. The summed E-state index contributed by atoms with van der Waals surface area (Å²) >= 11 is 5.17. The van der Waals surface area contributed by atoms with Gasteiger partial charge in [-0.25, -0.2) is 0 Å². The number of halogens is 1. The highest BCUT2D eigenvalue weighted by Crippen LogP contribution is 2.13. The zero-order chi connectivity index (χ0) is 11.3. The predicted octanol–water partition coefficient (Wildman–Crippen LogP) is 0.840. The van der Waals surface area contributed by atoms with Crippen LogP contribution in [0.2, 0.25) is 0 Å². The summed E-state index contributed by atoms with van der Waals surface area (Å²) < 4.78 is 9.19. The van der Waals surface area contributed by atoms with Crippen LogP contribution in [0.25, 0.3) is 0 Å². The number of carbonyl (C=O) groups is 3. The van der Waals surface area contributed by atoms with Gasteiger partial charge in [0, 0.05) is 13.8 Å². The number of hydrogen-bond donors (Lipinski definition) is 0.